The summed E-state index contributed by atoms with van der Waals surface area (Å²) in [4.78, 5) is 21.3. The van der Waals surface area contributed by atoms with Crippen LogP contribution in [0.3, 0.4) is 0 Å². The number of benzene rings is 2. The third kappa shape index (κ3) is 5.01. The molecule has 1 aliphatic rings. The van der Waals surface area contributed by atoms with E-state index in [0.29, 0.717) is 18.1 Å². The molecule has 0 radical (unpaired) electrons. The number of carbonyl (C=O) groups excluding carboxylic acids is 1. The summed E-state index contributed by atoms with van der Waals surface area (Å²) in [6, 6.07) is 16.0. The zero-order valence-electron chi connectivity index (χ0n) is 17.1. The number of carbonyl (C=O) groups is 1. The zero-order chi connectivity index (χ0) is 20.9. The van der Waals surface area contributed by atoms with Crippen molar-refractivity contribution in [2.75, 3.05) is 37.6 Å². The van der Waals surface area contributed by atoms with Crippen LogP contribution >= 0.6 is 11.6 Å². The Bertz CT molecular complexity index is 993. The second-order valence-electron chi connectivity index (χ2n) is 7.60. The molecule has 2 heterocycles. The lowest BCUT2D eigenvalue weighted by Gasteiger charge is -2.35. The molecule has 0 aliphatic carbocycles. The number of nitrogens with zero attached hydrogens (tertiary/aromatic N) is 4. The van der Waals surface area contributed by atoms with E-state index in [1.807, 2.05) is 30.5 Å². The van der Waals surface area contributed by atoms with E-state index in [1.54, 1.807) is 6.20 Å². The first-order valence-electron chi connectivity index (χ1n) is 10.2. The number of hydrogen-bond acceptors (Lipinski definition) is 4. The van der Waals surface area contributed by atoms with Crippen LogP contribution in [-0.4, -0.2) is 53.1 Å². The summed E-state index contributed by atoms with van der Waals surface area (Å²) in [7, 11) is 0. The highest BCUT2D eigenvalue weighted by Crippen LogP contribution is 2.22. The van der Waals surface area contributed by atoms with E-state index in [0.717, 1.165) is 43.4 Å². The molecule has 0 spiro atoms. The topological polar surface area (TPSA) is 53.4 Å². The van der Waals surface area contributed by atoms with E-state index in [4.69, 9.17) is 11.6 Å². The van der Waals surface area contributed by atoms with Gasteiger partial charge in [0.05, 0.1) is 6.54 Å². The van der Waals surface area contributed by atoms with Crippen molar-refractivity contribution in [3.63, 3.8) is 0 Å². The van der Waals surface area contributed by atoms with E-state index in [1.165, 1.54) is 5.56 Å². The fourth-order valence-electron chi connectivity index (χ4n) is 3.63. The van der Waals surface area contributed by atoms with Crippen LogP contribution in [0.1, 0.15) is 11.1 Å². The maximum Gasteiger partial charge on any atom is 0.234 e. The van der Waals surface area contributed by atoms with Crippen molar-refractivity contribution in [1.82, 2.24) is 19.8 Å². The number of hydrogen-bond donors (Lipinski definition) is 1. The molecule has 1 amide bonds. The van der Waals surface area contributed by atoms with E-state index in [9.17, 15) is 4.79 Å². The monoisotopic (exact) mass is 423 g/mol. The molecule has 4 rings (SSSR count). The Morgan fingerprint density at radius 3 is 2.60 bits per heavy atom. The van der Waals surface area contributed by atoms with Gasteiger partial charge in [0.15, 0.2) is 0 Å². The Kier molecular flexibility index (Phi) is 6.35. The summed E-state index contributed by atoms with van der Waals surface area (Å²) in [5.41, 5.74) is 3.33. The normalized spacial score (nSPS) is 14.7. The fourth-order valence-corrected chi connectivity index (χ4v) is 3.81. The Morgan fingerprint density at radius 1 is 1.10 bits per heavy atom. The van der Waals surface area contributed by atoms with Crippen LogP contribution in [0.15, 0.2) is 60.9 Å². The first kappa shape index (κ1) is 20.4. The molecule has 1 N–H and O–H groups in total. The second-order valence-corrected chi connectivity index (χ2v) is 8.04. The molecule has 0 bridgehead atoms. The molecule has 0 unspecified atom stereocenters. The van der Waals surface area contributed by atoms with E-state index in [2.05, 4.69) is 55.9 Å². The Hall–Kier alpha value is -2.83. The Labute approximate surface area is 182 Å². The van der Waals surface area contributed by atoms with Gasteiger partial charge in [-0.25, -0.2) is 4.98 Å². The molecular formula is C23H26ClN5O. The largest absolute Gasteiger partial charge is 0.351 e. The molecule has 3 aromatic rings. The van der Waals surface area contributed by atoms with Gasteiger partial charge in [-0.15, -0.1) is 0 Å². The standard InChI is InChI=1S/C23H26ClN5O/c1-18-5-7-19(8-6-18)16-26-22(30)17-27-11-13-28(14-12-27)23-25-9-10-29(23)21-4-2-3-20(24)15-21/h2-10,15H,11-14,16-17H2,1H3,(H,26,30). The van der Waals surface area contributed by atoms with Gasteiger partial charge in [-0.1, -0.05) is 47.5 Å². The number of imidazole rings is 1. The second kappa shape index (κ2) is 9.32. The summed E-state index contributed by atoms with van der Waals surface area (Å²) >= 11 is 6.15. The fraction of sp³-hybridized carbons (Fsp3) is 0.304. The number of anilines is 1. The molecular weight excluding hydrogens is 398 g/mol. The van der Waals surface area contributed by atoms with Gasteiger partial charge in [0, 0.05) is 55.8 Å². The molecule has 6 nitrogen and oxygen atoms in total. The van der Waals surface area contributed by atoms with E-state index >= 15 is 0 Å². The van der Waals surface area contributed by atoms with Crippen LogP contribution in [0.2, 0.25) is 5.02 Å². The van der Waals surface area contributed by atoms with Gasteiger partial charge >= 0.3 is 0 Å². The summed E-state index contributed by atoms with van der Waals surface area (Å²) in [5, 5.41) is 3.72. The lowest BCUT2D eigenvalue weighted by atomic mass is 10.1. The number of aromatic nitrogens is 2. The highest BCUT2D eigenvalue weighted by Gasteiger charge is 2.22. The SMILES string of the molecule is Cc1ccc(CNC(=O)CN2CCN(c3nccn3-c3cccc(Cl)c3)CC2)cc1. The molecule has 156 valence electrons. The number of rotatable bonds is 6. The number of aryl methyl sites for hydroxylation is 1. The highest BCUT2D eigenvalue weighted by molar-refractivity contribution is 6.30. The average molecular weight is 424 g/mol. The van der Waals surface area contributed by atoms with E-state index < -0.39 is 0 Å². The number of nitrogens with one attached hydrogen (secondary N) is 1. The molecule has 30 heavy (non-hydrogen) atoms. The van der Waals surface area contributed by atoms with Gasteiger partial charge in [-0.05, 0) is 30.7 Å². The molecule has 1 fully saturated rings. The van der Waals surface area contributed by atoms with Gasteiger partial charge in [-0.3, -0.25) is 14.3 Å². The van der Waals surface area contributed by atoms with Gasteiger partial charge in [0.1, 0.15) is 0 Å². The van der Waals surface area contributed by atoms with Crippen molar-refractivity contribution in [3.05, 3.63) is 77.1 Å². The van der Waals surface area contributed by atoms with Crippen LogP contribution in [0, 0.1) is 6.92 Å². The number of halogens is 1. The van der Waals surface area contributed by atoms with Crippen LogP contribution in [0.4, 0.5) is 5.95 Å². The molecule has 0 atom stereocenters. The average Bonchev–Trinajstić information content (AvgIpc) is 3.24. The van der Waals surface area contributed by atoms with Gasteiger partial charge in [0.2, 0.25) is 11.9 Å². The van der Waals surface area contributed by atoms with Crippen molar-refractivity contribution in [3.8, 4) is 5.69 Å². The number of amides is 1. The maximum atomic E-state index is 12.3. The molecule has 0 saturated carbocycles. The molecule has 1 saturated heterocycles. The van der Waals surface area contributed by atoms with Gasteiger partial charge in [-0.2, -0.15) is 0 Å². The molecule has 7 heteroatoms. The van der Waals surface area contributed by atoms with Crippen molar-refractivity contribution in [1.29, 1.82) is 0 Å². The predicted octanol–water partition coefficient (Wildman–Crippen LogP) is 3.27. The third-order valence-corrected chi connectivity index (χ3v) is 5.58. The first-order valence-corrected chi connectivity index (χ1v) is 10.5. The Morgan fingerprint density at radius 2 is 1.87 bits per heavy atom. The molecule has 2 aromatic carbocycles. The summed E-state index contributed by atoms with van der Waals surface area (Å²) < 4.78 is 2.05. The highest BCUT2D eigenvalue weighted by atomic mass is 35.5. The predicted molar refractivity (Wildman–Crippen MR) is 120 cm³/mol. The first-order chi connectivity index (χ1) is 14.6. The molecule has 1 aliphatic heterocycles. The lowest BCUT2D eigenvalue weighted by Crippen LogP contribution is -2.50. The van der Waals surface area contributed by atoms with Gasteiger partial charge in [0.25, 0.3) is 0 Å². The Balaban J connectivity index is 1.29. The summed E-state index contributed by atoms with van der Waals surface area (Å²) in [5.74, 6) is 0.963. The van der Waals surface area contributed by atoms with E-state index in [-0.39, 0.29) is 5.91 Å². The quantitative estimate of drug-likeness (QED) is 0.661. The maximum absolute atomic E-state index is 12.3. The van der Waals surface area contributed by atoms with Crippen LogP contribution in [-0.2, 0) is 11.3 Å². The third-order valence-electron chi connectivity index (χ3n) is 5.34. The van der Waals surface area contributed by atoms with Crippen molar-refractivity contribution < 1.29 is 4.79 Å². The van der Waals surface area contributed by atoms with Crippen LogP contribution in [0.25, 0.3) is 5.69 Å². The minimum Gasteiger partial charge on any atom is -0.351 e. The lowest BCUT2D eigenvalue weighted by molar-refractivity contribution is -0.122. The number of piperazine rings is 1. The zero-order valence-corrected chi connectivity index (χ0v) is 17.8. The van der Waals surface area contributed by atoms with Crippen molar-refractivity contribution in [2.45, 2.75) is 13.5 Å². The van der Waals surface area contributed by atoms with Crippen molar-refractivity contribution >= 4 is 23.5 Å². The van der Waals surface area contributed by atoms with Crippen LogP contribution < -0.4 is 10.2 Å². The molecule has 1 aromatic heterocycles. The minimum absolute atomic E-state index is 0.0597. The summed E-state index contributed by atoms with van der Waals surface area (Å²) in [6.07, 6.45) is 3.76. The summed E-state index contributed by atoms with van der Waals surface area (Å²) in [6.45, 7) is 6.33. The minimum atomic E-state index is 0.0597. The van der Waals surface area contributed by atoms with Gasteiger partial charge < -0.3 is 10.2 Å². The van der Waals surface area contributed by atoms with Crippen molar-refractivity contribution in [2.24, 2.45) is 0 Å². The smallest absolute Gasteiger partial charge is 0.234 e. The van der Waals surface area contributed by atoms with Crippen LogP contribution in [0.5, 0.6) is 0 Å².